The standard InChI is InChI=1S/C17H18ClN5O2S/c1-20-13-5-6-25-9-14(13)23-8-11(16(19)24)17(22-23)21-10-3-4-12(18)15(7-10)26-2/h3-4,7-8,13-14H,5-6,9H2,2H3,(H2,19,24)(H,21,22)/t13-,14-/m0/s1. The van der Waals surface area contributed by atoms with Crippen LogP contribution in [0.4, 0.5) is 11.5 Å². The lowest BCUT2D eigenvalue weighted by Crippen LogP contribution is -2.32. The van der Waals surface area contributed by atoms with Gasteiger partial charge in [-0.25, -0.2) is 6.57 Å². The third kappa shape index (κ3) is 3.80. The number of carbonyl (C=O) groups is 1. The Labute approximate surface area is 160 Å². The molecule has 1 aromatic heterocycles. The van der Waals surface area contributed by atoms with Crippen LogP contribution in [0.1, 0.15) is 22.8 Å². The fourth-order valence-corrected chi connectivity index (χ4v) is 3.68. The summed E-state index contributed by atoms with van der Waals surface area (Å²) in [7, 11) is 0. The number of thioether (sulfide) groups is 1. The second kappa shape index (κ2) is 7.99. The predicted octanol–water partition coefficient (Wildman–Crippen LogP) is 3.35. The van der Waals surface area contributed by atoms with E-state index in [0.29, 0.717) is 30.5 Å². The van der Waals surface area contributed by atoms with E-state index in [2.05, 4.69) is 15.3 Å². The Morgan fingerprint density at radius 1 is 1.58 bits per heavy atom. The summed E-state index contributed by atoms with van der Waals surface area (Å²) in [4.78, 5) is 16.4. The molecule has 136 valence electrons. The van der Waals surface area contributed by atoms with E-state index in [9.17, 15) is 4.79 Å². The number of primary amides is 1. The van der Waals surface area contributed by atoms with E-state index >= 15 is 0 Å². The Balaban J connectivity index is 1.93. The number of aromatic nitrogens is 2. The molecule has 1 aliphatic heterocycles. The van der Waals surface area contributed by atoms with Crippen molar-refractivity contribution in [2.75, 3.05) is 24.8 Å². The predicted molar refractivity (Wildman–Crippen MR) is 102 cm³/mol. The van der Waals surface area contributed by atoms with Crippen molar-refractivity contribution in [1.29, 1.82) is 0 Å². The summed E-state index contributed by atoms with van der Waals surface area (Å²) in [5.41, 5.74) is 6.52. The summed E-state index contributed by atoms with van der Waals surface area (Å²) in [6.45, 7) is 8.31. The van der Waals surface area contributed by atoms with Crippen molar-refractivity contribution in [2.45, 2.75) is 23.4 Å². The normalized spacial score (nSPS) is 19.7. The minimum atomic E-state index is -0.589. The van der Waals surface area contributed by atoms with Crippen LogP contribution in [0.5, 0.6) is 0 Å². The van der Waals surface area contributed by atoms with Crippen LogP contribution in [0.15, 0.2) is 29.3 Å². The van der Waals surface area contributed by atoms with Gasteiger partial charge in [0.2, 0.25) is 6.04 Å². The van der Waals surface area contributed by atoms with Crippen molar-refractivity contribution in [3.8, 4) is 0 Å². The second-order valence-corrected chi connectivity index (χ2v) is 7.09. The van der Waals surface area contributed by atoms with Crippen LogP contribution in [0.2, 0.25) is 5.02 Å². The largest absolute Gasteiger partial charge is 0.379 e. The van der Waals surface area contributed by atoms with Gasteiger partial charge in [0.05, 0.1) is 18.2 Å². The van der Waals surface area contributed by atoms with Gasteiger partial charge in [-0.15, -0.1) is 11.8 Å². The highest BCUT2D eigenvalue weighted by Crippen LogP contribution is 2.31. The third-order valence-corrected chi connectivity index (χ3v) is 5.43. The van der Waals surface area contributed by atoms with Gasteiger partial charge in [-0.2, -0.15) is 5.10 Å². The monoisotopic (exact) mass is 391 g/mol. The summed E-state index contributed by atoms with van der Waals surface area (Å²) >= 11 is 7.66. The second-order valence-electron chi connectivity index (χ2n) is 5.84. The van der Waals surface area contributed by atoms with Crippen LogP contribution in [0, 0.1) is 6.57 Å². The lowest BCUT2D eigenvalue weighted by molar-refractivity contribution is 0.0506. The summed E-state index contributed by atoms with van der Waals surface area (Å²) in [6, 6.07) is 4.97. The number of nitrogens with one attached hydrogen (secondary N) is 1. The van der Waals surface area contributed by atoms with E-state index in [-0.39, 0.29) is 17.6 Å². The van der Waals surface area contributed by atoms with Gasteiger partial charge in [0.1, 0.15) is 11.6 Å². The molecule has 2 atom stereocenters. The number of nitrogens with zero attached hydrogens (tertiary/aromatic N) is 3. The highest BCUT2D eigenvalue weighted by atomic mass is 35.5. The molecule has 3 N–H and O–H groups in total. The molecule has 2 aromatic rings. The Morgan fingerprint density at radius 2 is 2.38 bits per heavy atom. The third-order valence-electron chi connectivity index (χ3n) is 4.21. The maximum atomic E-state index is 11.8. The fourth-order valence-electron chi connectivity index (χ4n) is 2.82. The minimum Gasteiger partial charge on any atom is -0.379 e. The minimum absolute atomic E-state index is 0.240. The number of anilines is 2. The van der Waals surface area contributed by atoms with Crippen molar-refractivity contribution >= 4 is 40.8 Å². The molecule has 0 spiro atoms. The van der Waals surface area contributed by atoms with Crippen molar-refractivity contribution in [1.82, 2.24) is 9.78 Å². The maximum Gasteiger partial charge on any atom is 0.254 e. The van der Waals surface area contributed by atoms with Gasteiger partial charge in [0.25, 0.3) is 5.91 Å². The Bertz CT molecular complexity index is 863. The van der Waals surface area contributed by atoms with E-state index in [4.69, 9.17) is 28.6 Å². The van der Waals surface area contributed by atoms with Gasteiger partial charge in [-0.1, -0.05) is 11.6 Å². The zero-order chi connectivity index (χ0) is 18.7. The van der Waals surface area contributed by atoms with Gasteiger partial charge in [-0.3, -0.25) is 9.48 Å². The molecule has 3 rings (SSSR count). The highest BCUT2D eigenvalue weighted by Gasteiger charge is 2.33. The zero-order valence-corrected chi connectivity index (χ0v) is 15.7. The highest BCUT2D eigenvalue weighted by molar-refractivity contribution is 7.98. The van der Waals surface area contributed by atoms with Crippen LogP contribution in [0.25, 0.3) is 4.85 Å². The summed E-state index contributed by atoms with van der Waals surface area (Å²) in [6.07, 6.45) is 4.15. The smallest absolute Gasteiger partial charge is 0.254 e. The zero-order valence-electron chi connectivity index (χ0n) is 14.1. The van der Waals surface area contributed by atoms with Crippen LogP contribution in [-0.2, 0) is 4.74 Å². The molecule has 7 nitrogen and oxygen atoms in total. The van der Waals surface area contributed by atoms with Crippen molar-refractivity contribution in [3.63, 3.8) is 0 Å². The molecule has 1 aromatic carbocycles. The first-order valence-electron chi connectivity index (χ1n) is 7.97. The van der Waals surface area contributed by atoms with E-state index in [1.165, 1.54) is 11.8 Å². The molecule has 9 heteroatoms. The molecule has 0 aliphatic carbocycles. The Hall–Kier alpha value is -2.21. The quantitative estimate of drug-likeness (QED) is 0.603. The van der Waals surface area contributed by atoms with Gasteiger partial charge in [0, 0.05) is 23.2 Å². The van der Waals surface area contributed by atoms with Crippen molar-refractivity contribution in [3.05, 3.63) is 46.4 Å². The number of rotatable bonds is 5. The lowest BCUT2D eigenvalue weighted by Gasteiger charge is -2.23. The molecule has 1 amide bonds. The van der Waals surface area contributed by atoms with E-state index < -0.39 is 5.91 Å². The molecule has 1 fully saturated rings. The molecule has 0 radical (unpaired) electrons. The van der Waals surface area contributed by atoms with Crippen LogP contribution in [0.3, 0.4) is 0 Å². The first-order chi connectivity index (χ1) is 12.5. The van der Waals surface area contributed by atoms with Gasteiger partial charge >= 0.3 is 0 Å². The number of amides is 1. The Kier molecular flexibility index (Phi) is 5.71. The SMILES string of the molecule is [C-]#[N+][C@H]1CCOC[C@@H]1n1cc(C(N)=O)c(Nc2ccc(Cl)c(SC)c2)n1. The number of ether oxygens (including phenoxy) is 1. The molecule has 0 saturated carbocycles. The average Bonchev–Trinajstić information content (AvgIpc) is 3.07. The topological polar surface area (TPSA) is 86.5 Å². The first kappa shape index (κ1) is 18.6. The molecule has 1 saturated heterocycles. The van der Waals surface area contributed by atoms with Gasteiger partial charge < -0.3 is 20.6 Å². The number of nitrogens with two attached hydrogens (primary N) is 1. The van der Waals surface area contributed by atoms with Gasteiger partial charge in [-0.05, 0) is 24.5 Å². The first-order valence-corrected chi connectivity index (χ1v) is 9.57. The molecule has 1 aliphatic rings. The van der Waals surface area contributed by atoms with Crippen LogP contribution >= 0.6 is 23.4 Å². The molecule has 0 bridgehead atoms. The van der Waals surface area contributed by atoms with Crippen molar-refractivity contribution < 1.29 is 9.53 Å². The molecular weight excluding hydrogens is 374 g/mol. The lowest BCUT2D eigenvalue weighted by atomic mass is 10.1. The molecular formula is C17H18ClN5O2S. The van der Waals surface area contributed by atoms with Crippen LogP contribution in [-0.4, -0.2) is 41.2 Å². The summed E-state index contributed by atoms with van der Waals surface area (Å²) in [5.74, 6) is -0.241. The average molecular weight is 392 g/mol. The molecule has 26 heavy (non-hydrogen) atoms. The summed E-state index contributed by atoms with van der Waals surface area (Å²) < 4.78 is 7.09. The maximum absolute atomic E-state index is 11.8. The van der Waals surface area contributed by atoms with Crippen LogP contribution < -0.4 is 11.1 Å². The van der Waals surface area contributed by atoms with E-state index in [1.54, 1.807) is 23.0 Å². The van der Waals surface area contributed by atoms with E-state index in [1.807, 2.05) is 12.3 Å². The molecule has 0 unspecified atom stereocenters. The molecule has 2 heterocycles. The fraction of sp³-hybridized carbons (Fsp3) is 0.353. The van der Waals surface area contributed by atoms with E-state index in [0.717, 1.165) is 10.6 Å². The van der Waals surface area contributed by atoms with Crippen molar-refractivity contribution in [2.24, 2.45) is 5.73 Å². The number of halogens is 1. The Morgan fingerprint density at radius 3 is 3.08 bits per heavy atom. The number of benzene rings is 1. The number of hydrogen-bond donors (Lipinski definition) is 2. The number of carbonyl (C=O) groups excluding carboxylic acids is 1. The summed E-state index contributed by atoms with van der Waals surface area (Å²) in [5, 5.41) is 8.25. The van der Waals surface area contributed by atoms with Gasteiger partial charge in [0.15, 0.2) is 5.82 Å². The number of hydrogen-bond acceptors (Lipinski definition) is 5.